The molecule has 16 heteroatoms. The molecule has 3 heterocycles. The van der Waals surface area contributed by atoms with E-state index in [2.05, 4.69) is 23.8 Å². The van der Waals surface area contributed by atoms with Crippen LogP contribution >= 0.6 is 15.6 Å². The smallest absolute Gasteiger partial charge is 0.369 e. The Morgan fingerprint density at radius 3 is 2.81 bits per heavy atom. The van der Waals surface area contributed by atoms with Crippen LogP contribution in [-0.4, -0.2) is 46.9 Å². The number of nitrogens with one attached hydrogen (secondary N) is 1. The maximum Gasteiger partial charge on any atom is 0.481 e. The van der Waals surface area contributed by atoms with Crippen molar-refractivity contribution in [2.24, 2.45) is 0 Å². The van der Waals surface area contributed by atoms with E-state index in [4.69, 9.17) is 20.3 Å². The van der Waals surface area contributed by atoms with Gasteiger partial charge in [-0.3, -0.25) is 18.9 Å². The predicted octanol–water partition coefficient (Wildman–Crippen LogP) is -0.394. The fourth-order valence-corrected chi connectivity index (χ4v) is 4.12. The molecule has 0 bridgehead atoms. The predicted molar refractivity (Wildman–Crippen MR) is 84.6 cm³/mol. The number of phosphoric acid groups is 2. The Balaban J connectivity index is 1.67. The second kappa shape index (κ2) is 6.83. The molecule has 0 spiro atoms. The van der Waals surface area contributed by atoms with Gasteiger partial charge >= 0.3 is 15.6 Å². The van der Waals surface area contributed by atoms with Crippen molar-refractivity contribution in [2.45, 2.75) is 25.2 Å². The lowest BCUT2D eigenvalue weighted by atomic mass is 10.2. The molecule has 14 nitrogen and oxygen atoms in total. The van der Waals surface area contributed by atoms with E-state index < -0.39 is 40.1 Å². The molecule has 0 saturated carbocycles. The molecule has 0 aromatic carbocycles. The van der Waals surface area contributed by atoms with Crippen LogP contribution in [0.15, 0.2) is 11.1 Å². The van der Waals surface area contributed by atoms with Gasteiger partial charge in [0.25, 0.3) is 5.56 Å². The average molecular weight is 411 g/mol. The highest BCUT2D eigenvalue weighted by Crippen LogP contribution is 2.57. The number of nitrogen functional groups attached to an aromatic ring is 1. The molecule has 144 valence electrons. The van der Waals surface area contributed by atoms with E-state index in [0.29, 0.717) is 12.8 Å². The van der Waals surface area contributed by atoms with Crippen LogP contribution < -0.4 is 11.3 Å². The largest absolute Gasteiger partial charge is 0.481 e. The second-order valence-corrected chi connectivity index (χ2v) is 8.23. The first-order valence-electron chi connectivity index (χ1n) is 7.16. The number of anilines is 1. The third-order valence-electron chi connectivity index (χ3n) is 3.48. The summed E-state index contributed by atoms with van der Waals surface area (Å²) in [5, 5.41) is 0. The molecular weight excluding hydrogens is 396 g/mol. The minimum absolute atomic E-state index is 0.0809. The zero-order chi connectivity index (χ0) is 19.1. The molecule has 1 saturated heterocycles. The summed E-state index contributed by atoms with van der Waals surface area (Å²) in [7, 11) is -10.1. The molecule has 2 aromatic rings. The van der Waals surface area contributed by atoms with Crippen LogP contribution in [-0.2, 0) is 22.7 Å². The van der Waals surface area contributed by atoms with Crippen LogP contribution in [0.1, 0.15) is 19.1 Å². The lowest BCUT2D eigenvalue weighted by Crippen LogP contribution is -2.17. The first kappa shape index (κ1) is 19.1. The first-order valence-corrected chi connectivity index (χ1v) is 10.2. The SMILES string of the molecule is Nc1nc2c(ncn2[C@H]2CC[C@@H](COP(=O)(O)OP(=O)(O)O)O2)c(=O)[nH]1. The van der Waals surface area contributed by atoms with E-state index in [-0.39, 0.29) is 17.1 Å². The Kier molecular flexibility index (Phi) is 5.03. The van der Waals surface area contributed by atoms with E-state index in [1.54, 1.807) is 0 Å². The highest BCUT2D eigenvalue weighted by Gasteiger charge is 2.35. The Morgan fingerprint density at radius 1 is 1.38 bits per heavy atom. The number of aromatic amines is 1. The Morgan fingerprint density at radius 2 is 2.12 bits per heavy atom. The van der Waals surface area contributed by atoms with Crippen LogP contribution in [0.2, 0.25) is 0 Å². The van der Waals surface area contributed by atoms with Crippen LogP contribution in [0, 0.1) is 0 Å². The fourth-order valence-electron chi connectivity index (χ4n) is 2.50. The topological polar surface area (TPSA) is 212 Å². The third kappa shape index (κ3) is 4.37. The van der Waals surface area contributed by atoms with Gasteiger partial charge in [-0.05, 0) is 12.8 Å². The number of ether oxygens (including phenoxy) is 1. The van der Waals surface area contributed by atoms with Gasteiger partial charge in [-0.2, -0.15) is 9.29 Å². The molecule has 26 heavy (non-hydrogen) atoms. The molecule has 0 aliphatic carbocycles. The van der Waals surface area contributed by atoms with E-state index in [9.17, 15) is 18.8 Å². The fraction of sp³-hybridized carbons (Fsp3) is 0.500. The Hall–Kier alpha value is -1.63. The number of imidazole rings is 1. The number of aromatic nitrogens is 4. The second-order valence-electron chi connectivity index (χ2n) is 5.40. The highest BCUT2D eigenvalue weighted by molar-refractivity contribution is 7.60. The minimum atomic E-state index is -5.18. The number of nitrogens with two attached hydrogens (primary N) is 1. The Bertz CT molecular complexity index is 967. The van der Waals surface area contributed by atoms with E-state index in [1.165, 1.54) is 10.9 Å². The van der Waals surface area contributed by atoms with Gasteiger partial charge in [-0.1, -0.05) is 0 Å². The molecule has 3 rings (SSSR count). The number of phosphoric ester groups is 1. The Labute approximate surface area is 144 Å². The molecule has 6 N–H and O–H groups in total. The van der Waals surface area contributed by atoms with E-state index in [0.717, 1.165) is 0 Å². The number of fused-ring (bicyclic) bond motifs is 1. The van der Waals surface area contributed by atoms with Gasteiger partial charge in [0.2, 0.25) is 5.95 Å². The zero-order valence-corrected chi connectivity index (χ0v) is 14.7. The molecule has 1 aliphatic rings. The molecular formula is C10H15N5O9P2. The number of nitrogens with zero attached hydrogens (tertiary/aromatic N) is 3. The average Bonchev–Trinajstić information content (AvgIpc) is 3.08. The molecule has 0 amide bonds. The standard InChI is InChI=1S/C10H15N5O9P2/c11-10-13-8-7(9(16)14-10)12-4-15(8)6-2-1-5(23-6)3-22-26(20,21)24-25(17,18)19/h4-6H,1-3H2,(H,20,21)(H2,17,18,19)(H3,11,13,14,16)/t5-,6+/m0/s1. The van der Waals surface area contributed by atoms with Crippen LogP contribution in [0.3, 0.4) is 0 Å². The van der Waals surface area contributed by atoms with Gasteiger partial charge in [-0.15, -0.1) is 0 Å². The highest BCUT2D eigenvalue weighted by atomic mass is 31.3. The van der Waals surface area contributed by atoms with E-state index >= 15 is 0 Å². The summed E-state index contributed by atoms with van der Waals surface area (Å²) in [6.07, 6.45) is 0.969. The van der Waals surface area contributed by atoms with Crippen molar-refractivity contribution in [2.75, 3.05) is 12.3 Å². The lowest BCUT2D eigenvalue weighted by molar-refractivity contribution is -0.0205. The maximum absolute atomic E-state index is 11.8. The number of hydrogen-bond acceptors (Lipinski definition) is 9. The van der Waals surface area contributed by atoms with Crippen molar-refractivity contribution in [1.82, 2.24) is 19.5 Å². The minimum Gasteiger partial charge on any atom is -0.369 e. The summed E-state index contributed by atoms with van der Waals surface area (Å²) >= 11 is 0. The van der Waals surface area contributed by atoms with Crippen molar-refractivity contribution in [3.63, 3.8) is 0 Å². The van der Waals surface area contributed by atoms with Gasteiger partial charge in [-0.25, -0.2) is 14.1 Å². The normalized spacial score (nSPS) is 23.3. The van der Waals surface area contributed by atoms with Crippen molar-refractivity contribution >= 4 is 32.8 Å². The summed E-state index contributed by atoms with van der Waals surface area (Å²) in [4.78, 5) is 48.4. The number of H-pyrrole nitrogens is 1. The molecule has 1 unspecified atom stereocenters. The summed E-state index contributed by atoms with van der Waals surface area (Å²) in [6, 6.07) is 0. The third-order valence-corrected chi connectivity index (χ3v) is 5.63. The van der Waals surface area contributed by atoms with E-state index in [1.807, 2.05) is 0 Å². The van der Waals surface area contributed by atoms with Gasteiger partial charge in [0, 0.05) is 0 Å². The lowest BCUT2D eigenvalue weighted by Gasteiger charge is -2.17. The van der Waals surface area contributed by atoms with Crippen LogP contribution in [0.25, 0.3) is 11.2 Å². The summed E-state index contributed by atoms with van der Waals surface area (Å²) in [6.45, 7) is -0.437. The summed E-state index contributed by atoms with van der Waals surface area (Å²) < 4.78 is 37.4. The molecule has 1 fully saturated rings. The van der Waals surface area contributed by atoms with Crippen molar-refractivity contribution in [1.29, 1.82) is 0 Å². The van der Waals surface area contributed by atoms with Gasteiger partial charge in [0.05, 0.1) is 19.0 Å². The summed E-state index contributed by atoms with van der Waals surface area (Å²) in [5.74, 6) is -0.0852. The van der Waals surface area contributed by atoms with Crippen LogP contribution in [0.4, 0.5) is 5.95 Å². The number of hydrogen-bond donors (Lipinski definition) is 5. The van der Waals surface area contributed by atoms with Gasteiger partial charge in [0.15, 0.2) is 11.2 Å². The number of rotatable bonds is 6. The summed E-state index contributed by atoms with van der Waals surface area (Å²) in [5.41, 5.74) is 5.32. The first-order chi connectivity index (χ1) is 12.0. The monoisotopic (exact) mass is 411 g/mol. The molecule has 2 aromatic heterocycles. The van der Waals surface area contributed by atoms with Gasteiger partial charge in [0.1, 0.15) is 6.23 Å². The zero-order valence-electron chi connectivity index (χ0n) is 13.0. The maximum atomic E-state index is 11.8. The van der Waals surface area contributed by atoms with Crippen LogP contribution in [0.5, 0.6) is 0 Å². The van der Waals surface area contributed by atoms with Crippen molar-refractivity contribution in [3.8, 4) is 0 Å². The van der Waals surface area contributed by atoms with Gasteiger partial charge < -0.3 is 25.2 Å². The quantitative estimate of drug-likeness (QED) is 0.384. The molecule has 1 aliphatic heterocycles. The molecule has 3 atom stereocenters. The molecule has 0 radical (unpaired) electrons. The van der Waals surface area contributed by atoms with Crippen molar-refractivity contribution < 1.29 is 37.4 Å². The van der Waals surface area contributed by atoms with Crippen molar-refractivity contribution in [3.05, 3.63) is 16.7 Å².